The van der Waals surface area contributed by atoms with Crippen molar-refractivity contribution in [2.75, 3.05) is 26.7 Å². The summed E-state index contributed by atoms with van der Waals surface area (Å²) in [4.78, 5) is 35.8. The monoisotopic (exact) mass is 286 g/mol. The number of nitrogens with zero attached hydrogens (tertiary/aromatic N) is 2. The number of carboxylic acids is 2. The molecular weight excluding hydrogens is 264 g/mol. The van der Waals surface area contributed by atoms with Crippen LogP contribution in [0.15, 0.2) is 0 Å². The van der Waals surface area contributed by atoms with E-state index >= 15 is 0 Å². The molecule has 0 spiro atoms. The second-order valence-electron chi connectivity index (χ2n) is 5.31. The Balaban J connectivity index is 2.56. The molecule has 0 saturated heterocycles. The molecule has 2 amide bonds. The smallest absolute Gasteiger partial charge is 0.323 e. The molecule has 114 valence electrons. The average Bonchev–Trinajstić information content (AvgIpc) is 2.37. The summed E-state index contributed by atoms with van der Waals surface area (Å²) < 4.78 is 0. The zero-order valence-electron chi connectivity index (χ0n) is 11.7. The first-order valence-corrected chi connectivity index (χ1v) is 6.83. The van der Waals surface area contributed by atoms with Crippen molar-refractivity contribution in [3.8, 4) is 0 Å². The molecule has 0 radical (unpaired) electrons. The van der Waals surface area contributed by atoms with E-state index in [1.165, 1.54) is 11.3 Å². The van der Waals surface area contributed by atoms with Crippen LogP contribution < -0.4 is 0 Å². The molecule has 0 aliphatic heterocycles. The molecule has 7 nitrogen and oxygen atoms in total. The van der Waals surface area contributed by atoms with Crippen molar-refractivity contribution in [1.29, 1.82) is 0 Å². The fraction of sp³-hybridized carbons (Fsp3) is 0.769. The standard InChI is InChI=1S/C13H22N2O5/c1-14(7-10-5-3-2-4-6-10)13(20)15(8-11(16)17)9-12(18)19/h10H,2-9H2,1H3,(H,16,17)(H,18,19). The molecule has 1 saturated carbocycles. The van der Waals surface area contributed by atoms with Crippen LogP contribution in [0.25, 0.3) is 0 Å². The Bertz CT molecular complexity index is 350. The second kappa shape index (κ2) is 7.72. The minimum Gasteiger partial charge on any atom is -0.480 e. The van der Waals surface area contributed by atoms with Gasteiger partial charge in [-0.3, -0.25) is 9.59 Å². The number of aliphatic carboxylic acids is 2. The quantitative estimate of drug-likeness (QED) is 0.761. The van der Waals surface area contributed by atoms with Crippen molar-refractivity contribution in [3.05, 3.63) is 0 Å². The van der Waals surface area contributed by atoms with Crippen LogP contribution in [0.4, 0.5) is 4.79 Å². The van der Waals surface area contributed by atoms with E-state index in [0.29, 0.717) is 12.5 Å². The summed E-state index contributed by atoms with van der Waals surface area (Å²) in [5.74, 6) is -2.01. The predicted octanol–water partition coefficient (Wildman–Crippen LogP) is 1.09. The molecule has 7 heteroatoms. The van der Waals surface area contributed by atoms with E-state index in [0.717, 1.165) is 30.6 Å². The van der Waals surface area contributed by atoms with E-state index in [4.69, 9.17) is 10.2 Å². The molecule has 0 heterocycles. The van der Waals surface area contributed by atoms with E-state index < -0.39 is 31.1 Å². The molecule has 0 aromatic carbocycles. The summed E-state index contributed by atoms with van der Waals surface area (Å²) in [5, 5.41) is 17.5. The summed E-state index contributed by atoms with van der Waals surface area (Å²) in [7, 11) is 1.59. The van der Waals surface area contributed by atoms with Gasteiger partial charge in [0.05, 0.1) is 0 Å². The third kappa shape index (κ3) is 5.46. The molecule has 20 heavy (non-hydrogen) atoms. The van der Waals surface area contributed by atoms with Crippen LogP contribution in [0.2, 0.25) is 0 Å². The van der Waals surface area contributed by atoms with Gasteiger partial charge in [0, 0.05) is 13.6 Å². The summed E-state index contributed by atoms with van der Waals surface area (Å²) in [6, 6.07) is -0.541. The summed E-state index contributed by atoms with van der Waals surface area (Å²) >= 11 is 0. The average molecular weight is 286 g/mol. The number of amides is 2. The highest BCUT2D eigenvalue weighted by Gasteiger charge is 2.25. The first-order chi connectivity index (χ1) is 9.40. The van der Waals surface area contributed by atoms with Gasteiger partial charge in [-0.15, -0.1) is 0 Å². The summed E-state index contributed by atoms with van der Waals surface area (Å²) in [6.45, 7) is -0.644. The lowest BCUT2D eigenvalue weighted by atomic mass is 9.89. The fourth-order valence-electron chi connectivity index (χ4n) is 2.59. The fourth-order valence-corrected chi connectivity index (χ4v) is 2.59. The lowest BCUT2D eigenvalue weighted by molar-refractivity contribution is -0.140. The van der Waals surface area contributed by atoms with Crippen LogP contribution in [0.1, 0.15) is 32.1 Å². The van der Waals surface area contributed by atoms with Crippen molar-refractivity contribution < 1.29 is 24.6 Å². The van der Waals surface area contributed by atoms with Gasteiger partial charge < -0.3 is 20.0 Å². The van der Waals surface area contributed by atoms with E-state index in [-0.39, 0.29) is 0 Å². The van der Waals surface area contributed by atoms with Crippen LogP contribution in [0, 0.1) is 5.92 Å². The van der Waals surface area contributed by atoms with Crippen molar-refractivity contribution in [2.45, 2.75) is 32.1 Å². The maximum atomic E-state index is 12.1. The number of hydrogen-bond donors (Lipinski definition) is 2. The lowest BCUT2D eigenvalue weighted by Gasteiger charge is -2.30. The number of carbonyl (C=O) groups is 3. The maximum Gasteiger partial charge on any atom is 0.323 e. The third-order valence-electron chi connectivity index (χ3n) is 3.51. The molecule has 1 fully saturated rings. The van der Waals surface area contributed by atoms with Gasteiger partial charge in [-0.25, -0.2) is 4.79 Å². The molecular formula is C13H22N2O5. The highest BCUT2D eigenvalue weighted by molar-refractivity contribution is 5.84. The number of urea groups is 1. The van der Waals surface area contributed by atoms with Crippen molar-refractivity contribution in [3.63, 3.8) is 0 Å². The van der Waals surface area contributed by atoms with Gasteiger partial charge in [0.15, 0.2) is 0 Å². The Morgan fingerprint density at radius 1 is 1.00 bits per heavy atom. The second-order valence-corrected chi connectivity index (χ2v) is 5.31. The SMILES string of the molecule is CN(CC1CCCCC1)C(=O)N(CC(=O)O)CC(=O)O. The van der Waals surface area contributed by atoms with Crippen LogP contribution in [0.5, 0.6) is 0 Å². The van der Waals surface area contributed by atoms with Gasteiger partial charge >= 0.3 is 18.0 Å². The number of hydrogen-bond acceptors (Lipinski definition) is 3. The van der Waals surface area contributed by atoms with Crippen molar-refractivity contribution >= 4 is 18.0 Å². The topological polar surface area (TPSA) is 98.2 Å². The summed E-state index contributed by atoms with van der Waals surface area (Å²) in [6.07, 6.45) is 5.66. The molecule has 2 N–H and O–H groups in total. The molecule has 1 aliphatic rings. The first kappa shape index (κ1) is 16.3. The van der Waals surface area contributed by atoms with Gasteiger partial charge in [-0.1, -0.05) is 19.3 Å². The Morgan fingerprint density at radius 3 is 1.95 bits per heavy atom. The molecule has 1 aliphatic carbocycles. The Labute approximate surface area is 118 Å². The first-order valence-electron chi connectivity index (χ1n) is 6.83. The van der Waals surface area contributed by atoms with Gasteiger partial charge in [0.1, 0.15) is 13.1 Å². The van der Waals surface area contributed by atoms with Gasteiger partial charge in [-0.05, 0) is 18.8 Å². The van der Waals surface area contributed by atoms with Gasteiger partial charge in [-0.2, -0.15) is 0 Å². The zero-order chi connectivity index (χ0) is 15.1. The molecule has 0 bridgehead atoms. The Hall–Kier alpha value is -1.79. The van der Waals surface area contributed by atoms with E-state index in [2.05, 4.69) is 0 Å². The van der Waals surface area contributed by atoms with Crippen LogP contribution in [-0.4, -0.2) is 64.7 Å². The molecule has 0 aromatic heterocycles. The largest absolute Gasteiger partial charge is 0.480 e. The molecule has 0 unspecified atom stereocenters. The van der Waals surface area contributed by atoms with E-state index in [9.17, 15) is 14.4 Å². The highest BCUT2D eigenvalue weighted by Crippen LogP contribution is 2.24. The Morgan fingerprint density at radius 2 is 1.50 bits per heavy atom. The van der Waals surface area contributed by atoms with Crippen LogP contribution >= 0.6 is 0 Å². The zero-order valence-corrected chi connectivity index (χ0v) is 11.7. The van der Waals surface area contributed by atoms with E-state index in [1.54, 1.807) is 7.05 Å². The summed E-state index contributed by atoms with van der Waals surface area (Å²) in [5.41, 5.74) is 0. The highest BCUT2D eigenvalue weighted by atomic mass is 16.4. The van der Waals surface area contributed by atoms with Gasteiger partial charge in [0.2, 0.25) is 0 Å². The van der Waals surface area contributed by atoms with Crippen molar-refractivity contribution in [2.24, 2.45) is 5.92 Å². The van der Waals surface area contributed by atoms with E-state index in [1.807, 2.05) is 0 Å². The van der Waals surface area contributed by atoms with Crippen molar-refractivity contribution in [1.82, 2.24) is 9.80 Å². The van der Waals surface area contributed by atoms with Crippen LogP contribution in [-0.2, 0) is 9.59 Å². The molecule has 0 atom stereocenters. The number of rotatable bonds is 6. The number of carbonyl (C=O) groups excluding carboxylic acids is 1. The maximum absolute atomic E-state index is 12.1. The number of carboxylic acid groups (broad SMARTS) is 2. The Kier molecular flexibility index (Phi) is 6.27. The lowest BCUT2D eigenvalue weighted by Crippen LogP contribution is -2.47. The third-order valence-corrected chi connectivity index (χ3v) is 3.51. The van der Waals surface area contributed by atoms with Crippen LogP contribution in [0.3, 0.4) is 0 Å². The molecule has 0 aromatic rings. The predicted molar refractivity (Wildman–Crippen MR) is 71.4 cm³/mol. The molecule has 1 rings (SSSR count). The minimum atomic E-state index is -1.22. The minimum absolute atomic E-state index is 0.425. The normalized spacial score (nSPS) is 15.7. The van der Waals surface area contributed by atoms with Gasteiger partial charge in [0.25, 0.3) is 0 Å².